The minimum absolute atomic E-state index is 0.0446. The van der Waals surface area contributed by atoms with E-state index in [2.05, 4.69) is 63.7 Å². The van der Waals surface area contributed by atoms with E-state index < -0.39 is 0 Å². The van der Waals surface area contributed by atoms with Crippen molar-refractivity contribution < 1.29 is 0 Å². The topological polar surface area (TPSA) is 45.4 Å². The third-order valence-corrected chi connectivity index (χ3v) is 3.61. The quantitative estimate of drug-likeness (QED) is 0.839. The zero-order valence-corrected chi connectivity index (χ0v) is 14.6. The van der Waals surface area contributed by atoms with Crippen molar-refractivity contribution in [1.82, 2.24) is 9.88 Å². The van der Waals surface area contributed by atoms with Crippen molar-refractivity contribution in [2.45, 2.75) is 46.1 Å². The fourth-order valence-corrected chi connectivity index (χ4v) is 2.25. The van der Waals surface area contributed by atoms with Crippen LogP contribution in [0.5, 0.6) is 0 Å². The van der Waals surface area contributed by atoms with Crippen LogP contribution in [0.4, 0.5) is 5.82 Å². The summed E-state index contributed by atoms with van der Waals surface area (Å²) in [4.78, 5) is 9.44. The molecule has 1 heterocycles. The summed E-state index contributed by atoms with van der Waals surface area (Å²) in [5, 5.41) is 0. The van der Waals surface area contributed by atoms with Gasteiger partial charge in [0.15, 0.2) is 0 Å². The van der Waals surface area contributed by atoms with Crippen molar-refractivity contribution in [3.05, 3.63) is 23.4 Å². The Balaban J connectivity index is 2.97. The molecule has 0 bridgehead atoms. The summed E-state index contributed by atoms with van der Waals surface area (Å²) in [5.74, 6) is 1.06. The number of nitrogens with zero attached hydrogens (tertiary/aromatic N) is 3. The fourth-order valence-electron chi connectivity index (χ4n) is 2.25. The first-order valence-corrected chi connectivity index (χ1v) is 7.89. The molecule has 0 saturated heterocycles. The molecule has 21 heavy (non-hydrogen) atoms. The number of aromatic nitrogens is 1. The van der Waals surface area contributed by atoms with Gasteiger partial charge in [-0.25, -0.2) is 4.98 Å². The molecule has 0 radical (unpaired) electrons. The Hall–Kier alpha value is -1.13. The van der Waals surface area contributed by atoms with Crippen LogP contribution in [-0.4, -0.2) is 43.6 Å². The molecular weight excluding hydrogens is 260 g/mol. The molecule has 4 heteroatoms. The monoisotopic (exact) mass is 292 g/mol. The highest BCUT2D eigenvalue weighted by Crippen LogP contribution is 2.25. The lowest BCUT2D eigenvalue weighted by Gasteiger charge is -2.26. The largest absolute Gasteiger partial charge is 0.357 e. The zero-order valence-electron chi connectivity index (χ0n) is 14.6. The molecule has 1 aromatic heterocycles. The first-order valence-electron chi connectivity index (χ1n) is 7.89. The van der Waals surface area contributed by atoms with Crippen LogP contribution in [0, 0.1) is 0 Å². The highest BCUT2D eigenvalue weighted by atomic mass is 15.2. The number of anilines is 1. The highest BCUT2D eigenvalue weighted by Gasteiger charge is 2.18. The Labute approximate surface area is 130 Å². The molecule has 0 spiro atoms. The van der Waals surface area contributed by atoms with E-state index in [4.69, 9.17) is 10.7 Å². The minimum Gasteiger partial charge on any atom is -0.357 e. The summed E-state index contributed by atoms with van der Waals surface area (Å²) >= 11 is 0. The summed E-state index contributed by atoms with van der Waals surface area (Å²) in [6.45, 7) is 12.4. The lowest BCUT2D eigenvalue weighted by molar-refractivity contribution is 0.400. The molecule has 0 aliphatic carbocycles. The van der Waals surface area contributed by atoms with Gasteiger partial charge >= 0.3 is 0 Å². The van der Waals surface area contributed by atoms with Crippen molar-refractivity contribution in [3.8, 4) is 0 Å². The van der Waals surface area contributed by atoms with Gasteiger partial charge in [-0.1, -0.05) is 20.8 Å². The molecule has 120 valence electrons. The Kier molecular flexibility index (Phi) is 6.62. The predicted octanol–water partition coefficient (Wildman–Crippen LogP) is 2.62. The van der Waals surface area contributed by atoms with Gasteiger partial charge in [0.05, 0.1) is 0 Å². The number of hydrogen-bond acceptors (Lipinski definition) is 4. The van der Waals surface area contributed by atoms with Gasteiger partial charge in [0.1, 0.15) is 5.82 Å². The standard InChI is InChI=1S/C17H32N4/c1-7-21(10-8-9-20(5)6)16-12-14(13-18)11-15(19-16)17(2,3)4/h11-12H,7-10,13,18H2,1-6H3. The van der Waals surface area contributed by atoms with Gasteiger partial charge in [-0.05, 0) is 51.7 Å². The maximum Gasteiger partial charge on any atom is 0.129 e. The molecule has 0 aliphatic rings. The highest BCUT2D eigenvalue weighted by molar-refractivity contribution is 5.43. The van der Waals surface area contributed by atoms with Gasteiger partial charge in [0.2, 0.25) is 0 Å². The number of pyridine rings is 1. The third kappa shape index (κ3) is 5.64. The van der Waals surface area contributed by atoms with E-state index in [0.717, 1.165) is 43.1 Å². The van der Waals surface area contributed by atoms with E-state index in [1.165, 1.54) is 0 Å². The summed E-state index contributed by atoms with van der Waals surface area (Å²) in [6, 6.07) is 4.27. The normalized spacial score (nSPS) is 12.0. The molecule has 4 nitrogen and oxygen atoms in total. The van der Waals surface area contributed by atoms with Gasteiger partial charge in [-0.3, -0.25) is 0 Å². The third-order valence-electron chi connectivity index (χ3n) is 3.61. The molecule has 0 unspecified atom stereocenters. The smallest absolute Gasteiger partial charge is 0.129 e. The molecule has 1 rings (SSSR count). The summed E-state index contributed by atoms with van der Waals surface area (Å²) in [7, 11) is 4.22. The Bertz CT molecular complexity index is 435. The van der Waals surface area contributed by atoms with Crippen molar-refractivity contribution in [2.75, 3.05) is 38.6 Å². The number of nitrogens with two attached hydrogens (primary N) is 1. The van der Waals surface area contributed by atoms with Crippen molar-refractivity contribution in [2.24, 2.45) is 5.73 Å². The van der Waals surface area contributed by atoms with Crippen LogP contribution in [-0.2, 0) is 12.0 Å². The summed E-state index contributed by atoms with van der Waals surface area (Å²) in [6.07, 6.45) is 1.14. The lowest BCUT2D eigenvalue weighted by atomic mass is 9.90. The molecule has 0 aliphatic heterocycles. The average Bonchev–Trinajstić information content (AvgIpc) is 2.41. The Morgan fingerprint density at radius 2 is 1.81 bits per heavy atom. The fraction of sp³-hybridized carbons (Fsp3) is 0.706. The van der Waals surface area contributed by atoms with Crippen molar-refractivity contribution in [1.29, 1.82) is 0 Å². The first-order chi connectivity index (χ1) is 9.77. The second-order valence-corrected chi connectivity index (χ2v) is 6.91. The number of rotatable bonds is 7. The lowest BCUT2D eigenvalue weighted by Crippen LogP contribution is -2.29. The molecule has 0 aromatic carbocycles. The van der Waals surface area contributed by atoms with E-state index in [1.54, 1.807) is 0 Å². The van der Waals surface area contributed by atoms with E-state index in [9.17, 15) is 0 Å². The Morgan fingerprint density at radius 3 is 2.29 bits per heavy atom. The van der Waals surface area contributed by atoms with Crippen LogP contribution < -0.4 is 10.6 Å². The molecule has 0 fully saturated rings. The van der Waals surface area contributed by atoms with Gasteiger partial charge in [0.25, 0.3) is 0 Å². The SMILES string of the molecule is CCN(CCCN(C)C)c1cc(CN)cc(C(C)(C)C)n1. The van der Waals surface area contributed by atoms with Crippen LogP contribution in [0.2, 0.25) is 0 Å². The van der Waals surface area contributed by atoms with Crippen LogP contribution in [0.3, 0.4) is 0 Å². The average molecular weight is 292 g/mol. The van der Waals surface area contributed by atoms with Gasteiger partial charge < -0.3 is 15.5 Å². The predicted molar refractivity (Wildman–Crippen MR) is 91.9 cm³/mol. The molecule has 0 amide bonds. The second-order valence-electron chi connectivity index (χ2n) is 6.91. The van der Waals surface area contributed by atoms with Crippen molar-refractivity contribution >= 4 is 5.82 Å². The van der Waals surface area contributed by atoms with Crippen LogP contribution in [0.1, 0.15) is 45.4 Å². The molecule has 0 saturated carbocycles. The molecule has 1 aromatic rings. The van der Waals surface area contributed by atoms with E-state index >= 15 is 0 Å². The Morgan fingerprint density at radius 1 is 1.14 bits per heavy atom. The van der Waals surface area contributed by atoms with Gasteiger partial charge in [0, 0.05) is 30.7 Å². The zero-order chi connectivity index (χ0) is 16.0. The first kappa shape index (κ1) is 17.9. The maximum atomic E-state index is 5.86. The van der Waals surface area contributed by atoms with E-state index in [0.29, 0.717) is 6.54 Å². The van der Waals surface area contributed by atoms with Gasteiger partial charge in [-0.15, -0.1) is 0 Å². The molecule has 2 N–H and O–H groups in total. The molecular formula is C17H32N4. The van der Waals surface area contributed by atoms with Crippen molar-refractivity contribution in [3.63, 3.8) is 0 Å². The van der Waals surface area contributed by atoms with Crippen LogP contribution >= 0.6 is 0 Å². The van der Waals surface area contributed by atoms with Gasteiger partial charge in [-0.2, -0.15) is 0 Å². The van der Waals surface area contributed by atoms with Crippen LogP contribution in [0.15, 0.2) is 12.1 Å². The minimum atomic E-state index is 0.0446. The van der Waals surface area contributed by atoms with E-state index in [1.807, 2.05) is 0 Å². The van der Waals surface area contributed by atoms with E-state index in [-0.39, 0.29) is 5.41 Å². The number of hydrogen-bond donors (Lipinski definition) is 1. The van der Waals surface area contributed by atoms with Crippen LogP contribution in [0.25, 0.3) is 0 Å². The summed E-state index contributed by atoms with van der Waals surface area (Å²) in [5.41, 5.74) is 8.18. The summed E-state index contributed by atoms with van der Waals surface area (Å²) < 4.78 is 0. The maximum absolute atomic E-state index is 5.86. The molecule has 0 atom stereocenters. The second kappa shape index (κ2) is 7.76.